The molecule has 0 spiro atoms. The SMILES string of the molecule is CN1CCN(c2c(F)cccc2C(=O)O)c2ccccc21. The fourth-order valence-corrected chi connectivity index (χ4v) is 2.70. The van der Waals surface area contributed by atoms with Gasteiger partial charge in [0.1, 0.15) is 5.82 Å². The van der Waals surface area contributed by atoms with Crippen LogP contribution in [0.25, 0.3) is 0 Å². The number of para-hydroxylation sites is 3. The molecule has 1 N–H and O–H groups in total. The summed E-state index contributed by atoms with van der Waals surface area (Å²) in [6.45, 7) is 1.24. The molecule has 0 radical (unpaired) electrons. The van der Waals surface area contributed by atoms with Crippen LogP contribution in [0.4, 0.5) is 21.5 Å². The summed E-state index contributed by atoms with van der Waals surface area (Å²) in [5, 5.41) is 9.32. The molecule has 1 heterocycles. The average Bonchev–Trinajstić information content (AvgIpc) is 2.48. The van der Waals surface area contributed by atoms with Gasteiger partial charge >= 0.3 is 5.97 Å². The van der Waals surface area contributed by atoms with Crippen LogP contribution < -0.4 is 9.80 Å². The van der Waals surface area contributed by atoms with E-state index in [1.54, 1.807) is 4.90 Å². The van der Waals surface area contributed by atoms with Gasteiger partial charge in [-0.25, -0.2) is 9.18 Å². The van der Waals surface area contributed by atoms with Gasteiger partial charge < -0.3 is 14.9 Å². The lowest BCUT2D eigenvalue weighted by Gasteiger charge is -2.37. The zero-order valence-electron chi connectivity index (χ0n) is 11.6. The molecule has 5 heteroatoms. The Morgan fingerprint density at radius 3 is 2.52 bits per heavy atom. The normalized spacial score (nSPS) is 14.0. The molecular formula is C16H15FN2O2. The van der Waals surface area contributed by atoms with Crippen LogP contribution in [-0.2, 0) is 0 Å². The Labute approximate surface area is 122 Å². The van der Waals surface area contributed by atoms with Gasteiger partial charge in [0.15, 0.2) is 0 Å². The first-order chi connectivity index (χ1) is 10.1. The number of anilines is 3. The molecule has 0 aromatic heterocycles. The Morgan fingerprint density at radius 2 is 1.81 bits per heavy atom. The van der Waals surface area contributed by atoms with E-state index >= 15 is 0 Å². The lowest BCUT2D eigenvalue weighted by Crippen LogP contribution is -2.37. The molecule has 0 aliphatic carbocycles. The number of fused-ring (bicyclic) bond motifs is 1. The van der Waals surface area contributed by atoms with Crippen molar-refractivity contribution in [1.29, 1.82) is 0 Å². The summed E-state index contributed by atoms with van der Waals surface area (Å²) in [4.78, 5) is 15.2. The van der Waals surface area contributed by atoms with E-state index in [1.165, 1.54) is 18.2 Å². The van der Waals surface area contributed by atoms with E-state index in [0.717, 1.165) is 11.4 Å². The highest BCUT2D eigenvalue weighted by atomic mass is 19.1. The van der Waals surface area contributed by atoms with Crippen LogP contribution in [0.1, 0.15) is 10.4 Å². The summed E-state index contributed by atoms with van der Waals surface area (Å²) in [6, 6.07) is 11.8. The van der Waals surface area contributed by atoms with Gasteiger partial charge in [-0.05, 0) is 24.3 Å². The van der Waals surface area contributed by atoms with Crippen molar-refractivity contribution in [2.45, 2.75) is 0 Å². The summed E-state index contributed by atoms with van der Waals surface area (Å²) in [7, 11) is 1.97. The molecular weight excluding hydrogens is 271 g/mol. The number of carboxylic acids is 1. The minimum Gasteiger partial charge on any atom is -0.478 e. The maximum Gasteiger partial charge on any atom is 0.337 e. The quantitative estimate of drug-likeness (QED) is 0.921. The van der Waals surface area contributed by atoms with Crippen molar-refractivity contribution in [2.24, 2.45) is 0 Å². The highest BCUT2D eigenvalue weighted by Crippen LogP contribution is 2.39. The van der Waals surface area contributed by atoms with Crippen molar-refractivity contribution in [3.05, 3.63) is 53.8 Å². The van der Waals surface area contributed by atoms with Crippen molar-refractivity contribution < 1.29 is 14.3 Å². The van der Waals surface area contributed by atoms with E-state index in [1.807, 2.05) is 31.3 Å². The zero-order valence-corrected chi connectivity index (χ0v) is 11.6. The second kappa shape index (κ2) is 5.09. The van der Waals surface area contributed by atoms with E-state index in [9.17, 15) is 14.3 Å². The molecule has 0 amide bonds. The van der Waals surface area contributed by atoms with Crippen LogP contribution in [0.3, 0.4) is 0 Å². The van der Waals surface area contributed by atoms with E-state index in [4.69, 9.17) is 0 Å². The summed E-state index contributed by atoms with van der Waals surface area (Å²) in [6.07, 6.45) is 0. The minimum absolute atomic E-state index is 0.0191. The molecule has 1 aliphatic heterocycles. The number of carboxylic acid groups (broad SMARTS) is 1. The third-order valence-corrected chi connectivity index (χ3v) is 3.73. The molecule has 4 nitrogen and oxygen atoms in total. The maximum absolute atomic E-state index is 14.3. The van der Waals surface area contributed by atoms with Crippen molar-refractivity contribution in [3.63, 3.8) is 0 Å². The first-order valence-corrected chi connectivity index (χ1v) is 6.69. The highest BCUT2D eigenvalue weighted by Gasteiger charge is 2.26. The van der Waals surface area contributed by atoms with E-state index in [2.05, 4.69) is 4.90 Å². The maximum atomic E-state index is 14.3. The van der Waals surface area contributed by atoms with Crippen LogP contribution >= 0.6 is 0 Å². The number of nitrogens with zero attached hydrogens (tertiary/aromatic N) is 2. The molecule has 0 atom stereocenters. The number of carbonyl (C=O) groups is 1. The smallest absolute Gasteiger partial charge is 0.337 e. The molecule has 2 aromatic rings. The van der Waals surface area contributed by atoms with Gasteiger partial charge in [0.2, 0.25) is 0 Å². The van der Waals surface area contributed by atoms with Crippen molar-refractivity contribution >= 4 is 23.0 Å². The Bertz CT molecular complexity index is 702. The van der Waals surface area contributed by atoms with Gasteiger partial charge in [0.25, 0.3) is 0 Å². The summed E-state index contributed by atoms with van der Waals surface area (Å²) >= 11 is 0. The molecule has 0 saturated carbocycles. The van der Waals surface area contributed by atoms with Crippen LogP contribution in [0.2, 0.25) is 0 Å². The van der Waals surface area contributed by atoms with Gasteiger partial charge in [-0.15, -0.1) is 0 Å². The molecule has 108 valence electrons. The Morgan fingerprint density at radius 1 is 1.10 bits per heavy atom. The topological polar surface area (TPSA) is 43.8 Å². The number of halogens is 1. The third-order valence-electron chi connectivity index (χ3n) is 3.73. The number of benzene rings is 2. The monoisotopic (exact) mass is 286 g/mol. The van der Waals surface area contributed by atoms with Gasteiger partial charge in [0.05, 0.1) is 22.6 Å². The number of aromatic carboxylic acids is 1. The van der Waals surface area contributed by atoms with Crippen LogP contribution in [0.15, 0.2) is 42.5 Å². The van der Waals surface area contributed by atoms with E-state index < -0.39 is 11.8 Å². The number of hydrogen-bond acceptors (Lipinski definition) is 3. The lowest BCUT2D eigenvalue weighted by atomic mass is 10.1. The predicted octanol–water partition coefficient (Wildman–Crippen LogP) is 3.11. The first-order valence-electron chi connectivity index (χ1n) is 6.69. The fourth-order valence-electron chi connectivity index (χ4n) is 2.70. The van der Waals surface area contributed by atoms with Crippen LogP contribution in [0, 0.1) is 5.82 Å². The first kappa shape index (κ1) is 13.4. The third kappa shape index (κ3) is 2.20. The molecule has 21 heavy (non-hydrogen) atoms. The van der Waals surface area contributed by atoms with Gasteiger partial charge in [-0.2, -0.15) is 0 Å². The fraction of sp³-hybridized carbons (Fsp3) is 0.188. The lowest BCUT2D eigenvalue weighted by molar-refractivity contribution is 0.0697. The molecule has 0 saturated heterocycles. The molecule has 0 bridgehead atoms. The van der Waals surface area contributed by atoms with Gasteiger partial charge in [-0.3, -0.25) is 0 Å². The van der Waals surface area contributed by atoms with E-state index in [-0.39, 0.29) is 11.3 Å². The Kier molecular flexibility index (Phi) is 3.25. The molecule has 2 aromatic carbocycles. The Balaban J connectivity index is 2.19. The summed E-state index contributed by atoms with van der Waals surface area (Å²) in [5.74, 6) is -1.64. The molecule has 0 unspecified atom stereocenters. The minimum atomic E-state index is -1.12. The highest BCUT2D eigenvalue weighted by molar-refractivity contribution is 5.97. The predicted molar refractivity (Wildman–Crippen MR) is 80.1 cm³/mol. The molecule has 0 fully saturated rings. The average molecular weight is 286 g/mol. The second-order valence-corrected chi connectivity index (χ2v) is 5.00. The van der Waals surface area contributed by atoms with Gasteiger partial charge in [-0.1, -0.05) is 18.2 Å². The van der Waals surface area contributed by atoms with Crippen LogP contribution in [-0.4, -0.2) is 31.2 Å². The zero-order chi connectivity index (χ0) is 15.0. The summed E-state index contributed by atoms with van der Waals surface area (Å²) < 4.78 is 14.3. The second-order valence-electron chi connectivity index (χ2n) is 5.00. The molecule has 3 rings (SSSR count). The number of likely N-dealkylation sites (N-methyl/N-ethyl adjacent to an activating group) is 1. The van der Waals surface area contributed by atoms with Crippen molar-refractivity contribution in [1.82, 2.24) is 0 Å². The largest absolute Gasteiger partial charge is 0.478 e. The Hall–Kier alpha value is -2.56. The van der Waals surface area contributed by atoms with Crippen molar-refractivity contribution in [2.75, 3.05) is 29.9 Å². The number of rotatable bonds is 2. The van der Waals surface area contributed by atoms with Crippen molar-refractivity contribution in [3.8, 4) is 0 Å². The van der Waals surface area contributed by atoms with Gasteiger partial charge in [0, 0.05) is 20.1 Å². The summed E-state index contributed by atoms with van der Waals surface area (Å²) in [5.41, 5.74) is 1.89. The standard InChI is InChI=1S/C16H15FN2O2/c1-18-9-10-19(14-8-3-2-7-13(14)18)15-11(16(20)21)5-4-6-12(15)17/h2-8H,9-10H2,1H3,(H,20,21). The number of hydrogen-bond donors (Lipinski definition) is 1. The van der Waals surface area contributed by atoms with E-state index in [0.29, 0.717) is 13.1 Å². The molecule has 1 aliphatic rings. The van der Waals surface area contributed by atoms with Crippen LogP contribution in [0.5, 0.6) is 0 Å².